The van der Waals surface area contributed by atoms with Gasteiger partial charge in [0.1, 0.15) is 11.6 Å². The third-order valence-electron chi connectivity index (χ3n) is 4.78. The van der Waals surface area contributed by atoms with Gasteiger partial charge < -0.3 is 10.1 Å². The molecule has 3 N–H and O–H groups in total. The third-order valence-corrected chi connectivity index (χ3v) is 4.78. The molecule has 0 bridgehead atoms. The molecule has 0 aliphatic carbocycles. The first-order chi connectivity index (χ1) is 14.2. The predicted molar refractivity (Wildman–Crippen MR) is 106 cm³/mol. The van der Waals surface area contributed by atoms with E-state index in [2.05, 4.69) is 21.2 Å². The van der Waals surface area contributed by atoms with Gasteiger partial charge in [0.15, 0.2) is 0 Å². The SMILES string of the molecule is O=C(NCc1ccnc(Oc2ccc(F)cc2)c1)C1CNNC1c1ccccc1. The number of nitrogens with zero attached hydrogens (tertiary/aromatic N) is 1. The van der Waals surface area contributed by atoms with Gasteiger partial charge in [0.2, 0.25) is 11.8 Å². The maximum Gasteiger partial charge on any atom is 0.226 e. The van der Waals surface area contributed by atoms with Crippen molar-refractivity contribution in [3.05, 3.63) is 89.9 Å². The Morgan fingerprint density at radius 2 is 1.93 bits per heavy atom. The molecule has 7 heteroatoms. The smallest absolute Gasteiger partial charge is 0.226 e. The van der Waals surface area contributed by atoms with Crippen LogP contribution < -0.4 is 20.9 Å². The molecule has 3 aromatic rings. The maximum atomic E-state index is 13.0. The Morgan fingerprint density at radius 1 is 1.14 bits per heavy atom. The lowest BCUT2D eigenvalue weighted by Crippen LogP contribution is -2.34. The Labute approximate surface area is 168 Å². The lowest BCUT2D eigenvalue weighted by molar-refractivity contribution is -0.125. The molecule has 2 unspecified atom stereocenters. The van der Waals surface area contributed by atoms with Gasteiger partial charge in [0, 0.05) is 25.4 Å². The molecular weight excluding hydrogens is 371 g/mol. The van der Waals surface area contributed by atoms with Gasteiger partial charge >= 0.3 is 0 Å². The zero-order valence-electron chi connectivity index (χ0n) is 15.6. The molecule has 1 amide bonds. The van der Waals surface area contributed by atoms with Crippen molar-refractivity contribution in [3.8, 4) is 11.6 Å². The lowest BCUT2D eigenvalue weighted by atomic mass is 9.94. The van der Waals surface area contributed by atoms with Crippen LogP contribution in [0.15, 0.2) is 72.9 Å². The Kier molecular flexibility index (Phi) is 5.79. The van der Waals surface area contributed by atoms with Gasteiger partial charge in [-0.2, -0.15) is 0 Å². The quantitative estimate of drug-likeness (QED) is 0.601. The van der Waals surface area contributed by atoms with Crippen LogP contribution in [0.2, 0.25) is 0 Å². The number of hydrogen-bond donors (Lipinski definition) is 3. The number of benzene rings is 2. The first kappa shape index (κ1) is 19.0. The summed E-state index contributed by atoms with van der Waals surface area (Å²) >= 11 is 0. The molecule has 148 valence electrons. The fraction of sp³-hybridized carbons (Fsp3) is 0.182. The van der Waals surface area contributed by atoms with E-state index in [9.17, 15) is 9.18 Å². The number of carbonyl (C=O) groups excluding carboxylic acids is 1. The van der Waals surface area contributed by atoms with Crippen LogP contribution in [0.25, 0.3) is 0 Å². The van der Waals surface area contributed by atoms with Gasteiger partial charge in [-0.25, -0.2) is 14.8 Å². The fourth-order valence-corrected chi connectivity index (χ4v) is 3.28. The molecule has 4 rings (SSSR count). The highest BCUT2D eigenvalue weighted by atomic mass is 19.1. The number of halogens is 1. The average Bonchev–Trinajstić information content (AvgIpc) is 3.25. The Morgan fingerprint density at radius 3 is 2.72 bits per heavy atom. The van der Waals surface area contributed by atoms with Crippen molar-refractivity contribution < 1.29 is 13.9 Å². The molecule has 2 heterocycles. The van der Waals surface area contributed by atoms with Crippen LogP contribution in [0, 0.1) is 11.7 Å². The van der Waals surface area contributed by atoms with E-state index in [1.165, 1.54) is 24.3 Å². The molecule has 2 aromatic carbocycles. The van der Waals surface area contributed by atoms with Crippen LogP contribution >= 0.6 is 0 Å². The van der Waals surface area contributed by atoms with Crippen LogP contribution in [-0.4, -0.2) is 17.4 Å². The van der Waals surface area contributed by atoms with E-state index in [1.807, 2.05) is 36.4 Å². The number of pyridine rings is 1. The molecule has 1 fully saturated rings. The topological polar surface area (TPSA) is 75.3 Å². The summed E-state index contributed by atoms with van der Waals surface area (Å²) in [5, 5.41) is 2.99. The van der Waals surface area contributed by atoms with Crippen molar-refractivity contribution in [2.45, 2.75) is 12.6 Å². The summed E-state index contributed by atoms with van der Waals surface area (Å²) in [4.78, 5) is 16.9. The van der Waals surface area contributed by atoms with Crippen molar-refractivity contribution in [2.24, 2.45) is 5.92 Å². The molecule has 0 radical (unpaired) electrons. The highest BCUT2D eigenvalue weighted by Gasteiger charge is 2.33. The summed E-state index contributed by atoms with van der Waals surface area (Å²) < 4.78 is 18.7. The second-order valence-electron chi connectivity index (χ2n) is 6.80. The Hall–Kier alpha value is -3.29. The summed E-state index contributed by atoms with van der Waals surface area (Å²) in [7, 11) is 0. The summed E-state index contributed by atoms with van der Waals surface area (Å²) in [6, 6.07) is 19.1. The lowest BCUT2D eigenvalue weighted by Gasteiger charge is -2.18. The second-order valence-corrected chi connectivity index (χ2v) is 6.80. The van der Waals surface area contributed by atoms with E-state index in [0.717, 1.165) is 11.1 Å². The number of amides is 1. The van der Waals surface area contributed by atoms with Gasteiger partial charge in [-0.3, -0.25) is 10.2 Å². The third kappa shape index (κ3) is 4.77. The van der Waals surface area contributed by atoms with Crippen LogP contribution in [0.5, 0.6) is 11.6 Å². The fourth-order valence-electron chi connectivity index (χ4n) is 3.28. The number of ether oxygens (including phenoxy) is 1. The molecule has 1 saturated heterocycles. The minimum Gasteiger partial charge on any atom is -0.439 e. The Bertz CT molecular complexity index is 966. The van der Waals surface area contributed by atoms with Crippen LogP contribution in [0.3, 0.4) is 0 Å². The molecule has 1 aromatic heterocycles. The van der Waals surface area contributed by atoms with Gasteiger partial charge in [-0.1, -0.05) is 30.3 Å². The van der Waals surface area contributed by atoms with Crippen LogP contribution in [0.4, 0.5) is 4.39 Å². The number of aromatic nitrogens is 1. The molecule has 0 spiro atoms. The van der Waals surface area contributed by atoms with Gasteiger partial charge in [-0.15, -0.1) is 0 Å². The first-order valence-corrected chi connectivity index (χ1v) is 9.38. The molecule has 29 heavy (non-hydrogen) atoms. The van der Waals surface area contributed by atoms with E-state index in [0.29, 0.717) is 24.7 Å². The van der Waals surface area contributed by atoms with Crippen molar-refractivity contribution in [1.82, 2.24) is 21.2 Å². The summed E-state index contributed by atoms with van der Waals surface area (Å²) in [5.41, 5.74) is 8.18. The number of carbonyl (C=O) groups is 1. The van der Waals surface area contributed by atoms with Crippen molar-refractivity contribution in [1.29, 1.82) is 0 Å². The number of rotatable bonds is 6. The zero-order chi connectivity index (χ0) is 20.1. The molecule has 0 saturated carbocycles. The predicted octanol–water partition coefficient (Wildman–Crippen LogP) is 3.09. The van der Waals surface area contributed by atoms with Crippen LogP contribution in [0.1, 0.15) is 17.2 Å². The monoisotopic (exact) mass is 392 g/mol. The Balaban J connectivity index is 1.37. The molecule has 1 aliphatic rings. The minimum absolute atomic E-state index is 0.0332. The normalized spacial score (nSPS) is 18.4. The van der Waals surface area contributed by atoms with Gasteiger partial charge in [-0.05, 0) is 41.5 Å². The van der Waals surface area contributed by atoms with Crippen molar-refractivity contribution >= 4 is 5.91 Å². The largest absolute Gasteiger partial charge is 0.439 e. The molecule has 6 nitrogen and oxygen atoms in total. The number of nitrogens with one attached hydrogen (secondary N) is 3. The van der Waals surface area contributed by atoms with E-state index in [1.54, 1.807) is 12.3 Å². The van der Waals surface area contributed by atoms with Crippen molar-refractivity contribution in [3.63, 3.8) is 0 Å². The summed E-state index contributed by atoms with van der Waals surface area (Å²) in [6.45, 7) is 0.916. The molecule has 2 atom stereocenters. The van der Waals surface area contributed by atoms with E-state index >= 15 is 0 Å². The maximum absolute atomic E-state index is 13.0. The van der Waals surface area contributed by atoms with Gasteiger partial charge in [0.25, 0.3) is 0 Å². The number of hydrazine groups is 1. The average molecular weight is 392 g/mol. The van der Waals surface area contributed by atoms with E-state index in [4.69, 9.17) is 4.74 Å². The standard InChI is InChI=1S/C22H21FN4O2/c23-17-6-8-18(9-7-17)29-20-12-15(10-11-24-20)13-25-22(28)19-14-26-27-21(19)16-4-2-1-3-5-16/h1-12,19,21,26-27H,13-14H2,(H,25,28). The minimum atomic E-state index is -0.327. The number of hydrogen-bond acceptors (Lipinski definition) is 5. The molecular formula is C22H21FN4O2. The molecule has 1 aliphatic heterocycles. The summed E-state index contributed by atoms with van der Waals surface area (Å²) in [6.07, 6.45) is 1.62. The highest BCUT2D eigenvalue weighted by molar-refractivity contribution is 5.80. The summed E-state index contributed by atoms with van der Waals surface area (Å²) in [5.74, 6) is 0.304. The van der Waals surface area contributed by atoms with E-state index in [-0.39, 0.29) is 23.7 Å². The second kappa shape index (κ2) is 8.81. The zero-order valence-corrected chi connectivity index (χ0v) is 15.6. The first-order valence-electron chi connectivity index (χ1n) is 9.38. The highest BCUT2D eigenvalue weighted by Crippen LogP contribution is 2.25. The van der Waals surface area contributed by atoms with Gasteiger partial charge in [0.05, 0.1) is 12.0 Å². The van der Waals surface area contributed by atoms with Crippen molar-refractivity contribution in [2.75, 3.05) is 6.54 Å². The van der Waals surface area contributed by atoms with E-state index < -0.39 is 0 Å². The van der Waals surface area contributed by atoms with Crippen LogP contribution in [-0.2, 0) is 11.3 Å².